The van der Waals surface area contributed by atoms with E-state index in [1.807, 2.05) is 61.7 Å². The van der Waals surface area contributed by atoms with Crippen LogP contribution in [0.25, 0.3) is 0 Å². The number of hydrogen-bond acceptors (Lipinski definition) is 7. The molecule has 0 amide bonds. The van der Waals surface area contributed by atoms with Gasteiger partial charge in [-0.05, 0) is 0 Å². The van der Waals surface area contributed by atoms with Crippen molar-refractivity contribution >= 4 is 90.0 Å². The molecule has 0 rings (SSSR count). The van der Waals surface area contributed by atoms with Crippen molar-refractivity contribution in [3.63, 3.8) is 0 Å². The van der Waals surface area contributed by atoms with Gasteiger partial charge in [0, 0.05) is 59.8 Å². The molecule has 0 aliphatic rings. The van der Waals surface area contributed by atoms with E-state index in [4.69, 9.17) is 23.8 Å². The Morgan fingerprint density at radius 1 is 0.522 bits per heavy atom. The maximum atomic E-state index is 8.54. The van der Waals surface area contributed by atoms with Crippen LogP contribution in [-0.2, 0) is 123 Å². The Balaban J connectivity index is -0.00000000127. The normalized spacial score (nSPS) is 1.61. The molecule has 0 aliphatic carbocycles. The summed E-state index contributed by atoms with van der Waals surface area (Å²) in [6.45, 7) is 4.00. The Morgan fingerprint density at radius 3 is 0.522 bits per heavy atom. The molecular weight excluding hydrogens is 1010 g/mol. The number of rotatable bonds is 0. The summed E-state index contributed by atoms with van der Waals surface area (Å²) in [6, 6.07) is 0. The van der Waals surface area contributed by atoms with E-state index in [2.05, 4.69) is 0 Å². The van der Waals surface area contributed by atoms with Gasteiger partial charge in [-0.1, -0.05) is 13.8 Å². The van der Waals surface area contributed by atoms with E-state index >= 15 is 0 Å². The SMILES string of the molecule is CC.O.O.O.O.[Fe].[Fe].[Fe].[HH].[HH].[HH].[HH].[HH].[HH].[O]=[Fe].[O]=[Fe].[O]=[Fe].[O]=[Sn]=[O].[O]=[Sn]=[O].[SnH2].[SnH2]. The molecule has 168 valence electrons. The van der Waals surface area contributed by atoms with Gasteiger partial charge in [0.05, 0.1) is 0 Å². The third kappa shape index (κ3) is 726. The molecule has 0 aliphatic heterocycles. The minimum atomic E-state index is -2.27. The van der Waals surface area contributed by atoms with Crippen LogP contribution in [0.3, 0.4) is 0 Å². The molecule has 8 N–H and O–H groups in total. The van der Waals surface area contributed by atoms with Gasteiger partial charge in [0.2, 0.25) is 0 Å². The molecule has 23 heavy (non-hydrogen) atoms. The van der Waals surface area contributed by atoms with Gasteiger partial charge in [-0.3, -0.25) is 0 Å². The summed E-state index contributed by atoms with van der Waals surface area (Å²) in [5.74, 6) is 0. The molecule has 11 nitrogen and oxygen atoms in total. The van der Waals surface area contributed by atoms with Crippen LogP contribution in [0.5, 0.6) is 0 Å². The molecule has 0 bridgehead atoms. The molecule has 0 heterocycles. The van der Waals surface area contributed by atoms with Crippen LogP contribution in [0, 0.1) is 0 Å². The van der Waals surface area contributed by atoms with Gasteiger partial charge in [0.25, 0.3) is 0 Å². The second-order valence-corrected chi connectivity index (χ2v) is 1.12. The summed E-state index contributed by atoms with van der Waals surface area (Å²) >= 11 is 1.46. The van der Waals surface area contributed by atoms with E-state index in [1.54, 1.807) is 0 Å². The van der Waals surface area contributed by atoms with Crippen molar-refractivity contribution in [2.24, 2.45) is 0 Å². The standard InChI is InChI=1S/C2H6.6Fe.4H2O.7O.4Sn.6H2.4H/c1-2;;;;;;;;;;;;;;;;;;;;;;;;;;;;;;;/h1-2H3;;;;;;;4*1H2;;;;;;;;;;;;6*1H;;;;. The Hall–Kier alpha value is 4.75. The van der Waals surface area contributed by atoms with Crippen LogP contribution in [0.1, 0.15) is 22.4 Å². The van der Waals surface area contributed by atoms with Crippen LogP contribution in [-0.4, -0.2) is 112 Å². The molecule has 0 spiro atoms. The monoisotopic (exact) mass is 1050 g/mol. The van der Waals surface area contributed by atoms with E-state index < -0.39 is 42.2 Å². The molecule has 0 unspecified atom stereocenters. The molecular formula is C2H30Fe6O11Sn4. The van der Waals surface area contributed by atoms with Crippen molar-refractivity contribution in [3.05, 3.63) is 0 Å². The quantitative estimate of drug-likeness (QED) is 0.216. The first-order chi connectivity index (χ1) is 6.83. The van der Waals surface area contributed by atoms with E-state index in [0.29, 0.717) is 0 Å². The average Bonchev–Trinajstić information content (AvgIpc) is 2.31. The Bertz CT molecular complexity index is 142. The van der Waals surface area contributed by atoms with Crippen molar-refractivity contribution < 1.29 is 153 Å². The molecule has 4 radical (unpaired) electrons. The summed E-state index contributed by atoms with van der Waals surface area (Å²) in [4.78, 5) is 0. The van der Waals surface area contributed by atoms with Gasteiger partial charge in [-0.2, -0.15) is 0 Å². The second-order valence-electron chi connectivity index (χ2n) is 0.167. The van der Waals surface area contributed by atoms with E-state index in [9.17, 15) is 0 Å². The van der Waals surface area contributed by atoms with E-state index in [-0.39, 0.29) is 129 Å². The van der Waals surface area contributed by atoms with Crippen LogP contribution in [0.4, 0.5) is 0 Å². The second kappa shape index (κ2) is 389. The average molecular weight is 1040 g/mol. The predicted octanol–water partition coefficient (Wildman–Crippen LogP) is -4.24. The minimum absolute atomic E-state index is 0. The first-order valence-electron chi connectivity index (χ1n) is 2.25. The third-order valence-electron chi connectivity index (χ3n) is 0. The molecule has 0 fully saturated rings. The summed E-state index contributed by atoms with van der Waals surface area (Å²) in [6.07, 6.45) is 0. The van der Waals surface area contributed by atoms with Crippen LogP contribution in [0.2, 0.25) is 0 Å². The fourth-order valence-corrected chi connectivity index (χ4v) is 0. The van der Waals surface area contributed by atoms with Crippen LogP contribution in [0.15, 0.2) is 0 Å². The van der Waals surface area contributed by atoms with Crippen molar-refractivity contribution in [2.45, 2.75) is 13.8 Å². The molecule has 0 saturated carbocycles. The van der Waals surface area contributed by atoms with Gasteiger partial charge in [-0.15, -0.1) is 0 Å². The van der Waals surface area contributed by atoms with E-state index in [1.165, 1.54) is 0 Å². The maximum absolute atomic E-state index is 8.54. The van der Waals surface area contributed by atoms with Crippen molar-refractivity contribution in [2.75, 3.05) is 0 Å². The molecule has 0 saturated heterocycles. The Morgan fingerprint density at radius 2 is 0.522 bits per heavy atom. The van der Waals surface area contributed by atoms with Crippen molar-refractivity contribution in [1.82, 2.24) is 0 Å². The van der Waals surface area contributed by atoms with Gasteiger partial charge in [-0.25, -0.2) is 0 Å². The molecule has 0 aromatic carbocycles. The summed E-state index contributed by atoms with van der Waals surface area (Å²) in [5, 5.41) is 0. The topological polar surface area (TPSA) is 245 Å². The fraction of sp³-hybridized carbons (Fsp3) is 1.00. The third-order valence-corrected chi connectivity index (χ3v) is 0. The van der Waals surface area contributed by atoms with Gasteiger partial charge >= 0.3 is 162 Å². The number of hydrogen-bond donors (Lipinski definition) is 0. The zero-order valence-corrected chi connectivity index (χ0v) is 31.8. The van der Waals surface area contributed by atoms with E-state index in [0.717, 1.165) is 0 Å². The van der Waals surface area contributed by atoms with Crippen LogP contribution >= 0.6 is 0 Å². The van der Waals surface area contributed by atoms with Crippen LogP contribution < -0.4 is 0 Å². The van der Waals surface area contributed by atoms with Gasteiger partial charge in [0.15, 0.2) is 0 Å². The predicted molar refractivity (Wildman–Crippen MR) is 71.9 cm³/mol. The molecule has 0 aromatic rings. The van der Waals surface area contributed by atoms with Gasteiger partial charge < -0.3 is 21.9 Å². The van der Waals surface area contributed by atoms with Gasteiger partial charge in [0.1, 0.15) is 0 Å². The first kappa shape index (κ1) is 122. The molecule has 0 aromatic heterocycles. The molecule has 21 heteroatoms. The summed E-state index contributed by atoms with van der Waals surface area (Å²) in [5.41, 5.74) is 0. The summed E-state index contributed by atoms with van der Waals surface area (Å²) < 4.78 is 58.2. The summed E-state index contributed by atoms with van der Waals surface area (Å²) in [7, 11) is 0. The zero-order chi connectivity index (χ0) is 13.4. The first-order valence-corrected chi connectivity index (χ1v) is 8.26. The Kier molecular flexibility index (Phi) is 2070. The fourth-order valence-electron chi connectivity index (χ4n) is 0. The zero-order valence-electron chi connectivity index (χ0n) is 11.4. The Labute approximate surface area is 253 Å². The van der Waals surface area contributed by atoms with Crippen molar-refractivity contribution in [1.29, 1.82) is 0 Å². The molecule has 0 atom stereocenters. The van der Waals surface area contributed by atoms with Crippen molar-refractivity contribution in [3.8, 4) is 0 Å².